The maximum absolute atomic E-state index is 14.4. The van der Waals surface area contributed by atoms with Gasteiger partial charge in [-0.05, 0) is 49.8 Å². The van der Waals surface area contributed by atoms with E-state index < -0.39 is 0 Å². The molecule has 1 N–H and O–H groups in total. The van der Waals surface area contributed by atoms with Crippen LogP contribution in [0.1, 0.15) is 37.3 Å². The van der Waals surface area contributed by atoms with Gasteiger partial charge < -0.3 is 5.11 Å². The first kappa shape index (κ1) is 21.6. The van der Waals surface area contributed by atoms with E-state index in [0.717, 1.165) is 41.5 Å². The first-order valence-corrected chi connectivity index (χ1v) is 10.2. The molecule has 0 radical (unpaired) electrons. The third-order valence-electron chi connectivity index (χ3n) is 4.84. The third-order valence-corrected chi connectivity index (χ3v) is 4.84. The Morgan fingerprint density at radius 3 is 2.40 bits per heavy atom. The third kappa shape index (κ3) is 5.94. The number of aliphatic hydroxyl groups excluding tert-OH is 1. The molecule has 3 rings (SSSR count). The standard InChI is InChI=1S/C26H27FN2O/c1-3-7-20-10-15-24(25(27)16-20)22-11-13-23(14-12-22)26-28-17-21(18-29-26)9-6-4-5-8-19(2)30/h3,6,9-19,30H,1,4-5,7-8H2,2H3. The lowest BCUT2D eigenvalue weighted by Crippen LogP contribution is -1.97. The highest BCUT2D eigenvalue weighted by Crippen LogP contribution is 2.26. The molecule has 154 valence electrons. The van der Waals surface area contributed by atoms with E-state index in [1.807, 2.05) is 42.5 Å². The minimum absolute atomic E-state index is 0.233. The van der Waals surface area contributed by atoms with Crippen LogP contribution in [0.25, 0.3) is 28.6 Å². The van der Waals surface area contributed by atoms with Crippen molar-refractivity contribution in [3.05, 3.63) is 90.5 Å². The number of benzene rings is 2. The smallest absolute Gasteiger partial charge is 0.159 e. The fourth-order valence-corrected chi connectivity index (χ4v) is 3.21. The Labute approximate surface area is 177 Å². The number of aromatic nitrogens is 2. The summed E-state index contributed by atoms with van der Waals surface area (Å²) in [5.41, 5.74) is 4.13. The molecule has 3 nitrogen and oxygen atoms in total. The molecule has 0 saturated carbocycles. The largest absolute Gasteiger partial charge is 0.393 e. The molecule has 30 heavy (non-hydrogen) atoms. The van der Waals surface area contributed by atoms with Gasteiger partial charge in [-0.3, -0.25) is 0 Å². The fraction of sp³-hybridized carbons (Fsp3) is 0.231. The van der Waals surface area contributed by atoms with Gasteiger partial charge in [-0.25, -0.2) is 14.4 Å². The van der Waals surface area contributed by atoms with Crippen molar-refractivity contribution in [3.8, 4) is 22.5 Å². The summed E-state index contributed by atoms with van der Waals surface area (Å²) in [5, 5.41) is 9.27. The van der Waals surface area contributed by atoms with E-state index in [4.69, 9.17) is 0 Å². The number of hydrogen-bond acceptors (Lipinski definition) is 3. The summed E-state index contributed by atoms with van der Waals surface area (Å²) >= 11 is 0. The van der Waals surface area contributed by atoms with Crippen LogP contribution < -0.4 is 0 Å². The normalized spacial score (nSPS) is 12.2. The number of nitrogens with zero attached hydrogens (tertiary/aromatic N) is 2. The average molecular weight is 403 g/mol. The number of unbranched alkanes of at least 4 members (excludes halogenated alkanes) is 1. The van der Waals surface area contributed by atoms with Gasteiger partial charge in [0, 0.05) is 29.1 Å². The van der Waals surface area contributed by atoms with E-state index in [1.54, 1.807) is 31.5 Å². The summed E-state index contributed by atoms with van der Waals surface area (Å²) in [4.78, 5) is 8.88. The number of aliphatic hydroxyl groups is 1. The molecular formula is C26H27FN2O. The van der Waals surface area contributed by atoms with Crippen molar-refractivity contribution in [1.82, 2.24) is 9.97 Å². The van der Waals surface area contributed by atoms with Gasteiger partial charge in [0.2, 0.25) is 0 Å². The second kappa shape index (κ2) is 10.6. The molecule has 1 aromatic heterocycles. The van der Waals surface area contributed by atoms with Crippen LogP contribution in [-0.2, 0) is 6.42 Å². The summed E-state index contributed by atoms with van der Waals surface area (Å²) in [6.45, 7) is 5.50. The lowest BCUT2D eigenvalue weighted by atomic mass is 10.0. The Morgan fingerprint density at radius 2 is 1.77 bits per heavy atom. The second-order valence-corrected chi connectivity index (χ2v) is 7.41. The second-order valence-electron chi connectivity index (χ2n) is 7.41. The molecule has 0 spiro atoms. The molecule has 0 saturated heterocycles. The van der Waals surface area contributed by atoms with Crippen LogP contribution in [0.15, 0.2) is 73.6 Å². The molecule has 4 heteroatoms. The highest BCUT2D eigenvalue weighted by atomic mass is 19.1. The quantitative estimate of drug-likeness (QED) is 0.340. The first-order valence-electron chi connectivity index (χ1n) is 10.2. The molecule has 0 bridgehead atoms. The van der Waals surface area contributed by atoms with Crippen LogP contribution in [0.4, 0.5) is 4.39 Å². The summed E-state index contributed by atoms with van der Waals surface area (Å²) in [5.74, 6) is 0.401. The molecule has 2 aromatic carbocycles. The molecule has 1 heterocycles. The van der Waals surface area contributed by atoms with E-state index in [0.29, 0.717) is 17.8 Å². The predicted octanol–water partition coefficient (Wildman–Crippen LogP) is 6.24. The van der Waals surface area contributed by atoms with E-state index in [9.17, 15) is 9.50 Å². The molecule has 0 aliphatic heterocycles. The zero-order valence-corrected chi connectivity index (χ0v) is 17.3. The van der Waals surface area contributed by atoms with Crippen molar-refractivity contribution < 1.29 is 9.50 Å². The van der Waals surface area contributed by atoms with Crippen molar-refractivity contribution in [2.75, 3.05) is 0 Å². The highest BCUT2D eigenvalue weighted by Gasteiger charge is 2.07. The van der Waals surface area contributed by atoms with E-state index in [2.05, 4.69) is 22.6 Å². The zero-order valence-electron chi connectivity index (χ0n) is 17.3. The summed E-state index contributed by atoms with van der Waals surface area (Å²) in [6, 6.07) is 12.9. The molecule has 1 atom stereocenters. The highest BCUT2D eigenvalue weighted by molar-refractivity contribution is 5.68. The number of allylic oxidation sites excluding steroid dienone is 2. The summed E-state index contributed by atoms with van der Waals surface area (Å²) in [6.07, 6.45) is 12.5. The maximum atomic E-state index is 14.4. The van der Waals surface area contributed by atoms with Crippen LogP contribution in [-0.4, -0.2) is 21.2 Å². The zero-order chi connectivity index (χ0) is 21.3. The van der Waals surface area contributed by atoms with Crippen LogP contribution in [0.3, 0.4) is 0 Å². The van der Waals surface area contributed by atoms with E-state index in [-0.39, 0.29) is 11.9 Å². The summed E-state index contributed by atoms with van der Waals surface area (Å²) in [7, 11) is 0. The van der Waals surface area contributed by atoms with Gasteiger partial charge in [0.1, 0.15) is 5.82 Å². The van der Waals surface area contributed by atoms with Crippen LogP contribution >= 0.6 is 0 Å². The number of halogens is 1. The fourth-order valence-electron chi connectivity index (χ4n) is 3.21. The lowest BCUT2D eigenvalue weighted by Gasteiger charge is -2.07. The molecule has 0 fully saturated rings. The molecule has 0 amide bonds. The summed E-state index contributed by atoms with van der Waals surface area (Å²) < 4.78 is 14.4. The van der Waals surface area contributed by atoms with Crippen molar-refractivity contribution in [2.24, 2.45) is 0 Å². The Balaban J connectivity index is 1.66. The predicted molar refractivity (Wildman–Crippen MR) is 121 cm³/mol. The Kier molecular flexibility index (Phi) is 7.63. The van der Waals surface area contributed by atoms with Crippen molar-refractivity contribution >= 4 is 6.08 Å². The SMILES string of the molecule is C=CCc1ccc(-c2ccc(-c3ncc(C=CCCCC(C)O)cn3)cc2)c(F)c1. The van der Waals surface area contributed by atoms with Gasteiger partial charge in [0.25, 0.3) is 0 Å². The lowest BCUT2D eigenvalue weighted by molar-refractivity contribution is 0.182. The first-order chi connectivity index (χ1) is 14.6. The number of rotatable bonds is 9. The van der Waals surface area contributed by atoms with E-state index in [1.165, 1.54) is 0 Å². The van der Waals surface area contributed by atoms with E-state index >= 15 is 0 Å². The maximum Gasteiger partial charge on any atom is 0.159 e. The van der Waals surface area contributed by atoms with Gasteiger partial charge in [-0.1, -0.05) is 54.6 Å². The van der Waals surface area contributed by atoms with Crippen LogP contribution in [0, 0.1) is 5.82 Å². The topological polar surface area (TPSA) is 46.0 Å². The van der Waals surface area contributed by atoms with Gasteiger partial charge >= 0.3 is 0 Å². The van der Waals surface area contributed by atoms with Crippen LogP contribution in [0.5, 0.6) is 0 Å². The Morgan fingerprint density at radius 1 is 1.07 bits per heavy atom. The van der Waals surface area contributed by atoms with Gasteiger partial charge in [0.15, 0.2) is 5.82 Å². The van der Waals surface area contributed by atoms with Crippen molar-refractivity contribution in [2.45, 2.75) is 38.7 Å². The monoisotopic (exact) mass is 402 g/mol. The van der Waals surface area contributed by atoms with Gasteiger partial charge in [0.05, 0.1) is 6.10 Å². The average Bonchev–Trinajstić information content (AvgIpc) is 2.74. The molecule has 1 unspecified atom stereocenters. The van der Waals surface area contributed by atoms with Crippen molar-refractivity contribution in [1.29, 1.82) is 0 Å². The minimum Gasteiger partial charge on any atom is -0.393 e. The van der Waals surface area contributed by atoms with Gasteiger partial charge in [-0.15, -0.1) is 6.58 Å². The molecule has 0 aliphatic carbocycles. The van der Waals surface area contributed by atoms with Gasteiger partial charge in [-0.2, -0.15) is 0 Å². The molecule has 3 aromatic rings. The minimum atomic E-state index is -0.250. The molecule has 0 aliphatic rings. The van der Waals surface area contributed by atoms with Crippen molar-refractivity contribution in [3.63, 3.8) is 0 Å². The Hall–Kier alpha value is -3.11. The molecular weight excluding hydrogens is 375 g/mol. The number of hydrogen-bond donors (Lipinski definition) is 1. The van der Waals surface area contributed by atoms with Crippen LogP contribution in [0.2, 0.25) is 0 Å². The Bertz CT molecular complexity index is 993.